The lowest BCUT2D eigenvalue weighted by Crippen LogP contribution is -2.35. The van der Waals surface area contributed by atoms with Gasteiger partial charge in [0.15, 0.2) is 0 Å². The van der Waals surface area contributed by atoms with Gasteiger partial charge in [-0.2, -0.15) is 13.2 Å². The highest BCUT2D eigenvalue weighted by atomic mass is 19.4. The van der Waals surface area contributed by atoms with E-state index in [1.54, 1.807) is 0 Å². The van der Waals surface area contributed by atoms with Crippen LogP contribution in [0.15, 0.2) is 18.3 Å². The molecule has 5 nitrogen and oxygen atoms in total. The molecule has 0 unspecified atom stereocenters. The Kier molecular flexibility index (Phi) is 3.64. The van der Waals surface area contributed by atoms with Gasteiger partial charge in [-0.15, -0.1) is 0 Å². The van der Waals surface area contributed by atoms with Crippen LogP contribution in [-0.4, -0.2) is 22.6 Å². The summed E-state index contributed by atoms with van der Waals surface area (Å²) in [5, 5.41) is 16.3. The quantitative estimate of drug-likeness (QED) is 0.449. The molecule has 0 saturated carbocycles. The third kappa shape index (κ3) is 2.89. The SMILES string of the molecule is OOB(OO)c1ccc(C(F)(F)F)nc1. The van der Waals surface area contributed by atoms with E-state index in [0.29, 0.717) is 6.07 Å². The van der Waals surface area contributed by atoms with Crippen molar-refractivity contribution in [2.45, 2.75) is 6.18 Å². The molecular formula is C6H5BF3NO4. The fourth-order valence-corrected chi connectivity index (χ4v) is 0.853. The highest BCUT2D eigenvalue weighted by molar-refractivity contribution is 6.60. The van der Waals surface area contributed by atoms with E-state index < -0.39 is 19.0 Å². The average Bonchev–Trinajstić information content (AvgIpc) is 2.19. The number of aromatic nitrogens is 1. The van der Waals surface area contributed by atoms with Gasteiger partial charge in [0.1, 0.15) is 5.69 Å². The minimum Gasteiger partial charge on any atom is -0.264 e. The molecule has 1 aromatic rings. The third-order valence-electron chi connectivity index (χ3n) is 1.54. The molecule has 1 aromatic heterocycles. The van der Waals surface area contributed by atoms with Gasteiger partial charge in [-0.3, -0.25) is 25.1 Å². The Hall–Kier alpha value is -1.16. The predicted octanol–water partition coefficient (Wildman–Crippen LogP) is 0.775. The van der Waals surface area contributed by atoms with Crippen LogP contribution in [0.5, 0.6) is 0 Å². The Labute approximate surface area is 82.1 Å². The van der Waals surface area contributed by atoms with Crippen molar-refractivity contribution in [1.29, 1.82) is 0 Å². The Balaban J connectivity index is 2.89. The summed E-state index contributed by atoms with van der Waals surface area (Å²) in [6.45, 7) is 0. The lowest BCUT2D eigenvalue weighted by atomic mass is 9.81. The highest BCUT2D eigenvalue weighted by Gasteiger charge is 2.33. The van der Waals surface area contributed by atoms with Crippen LogP contribution in [0.2, 0.25) is 0 Å². The van der Waals surface area contributed by atoms with E-state index >= 15 is 0 Å². The summed E-state index contributed by atoms with van der Waals surface area (Å²) in [5.41, 5.74) is -1.16. The average molecular weight is 223 g/mol. The maximum Gasteiger partial charge on any atom is 0.555 e. The van der Waals surface area contributed by atoms with Crippen molar-refractivity contribution in [3.63, 3.8) is 0 Å². The van der Waals surface area contributed by atoms with E-state index in [1.165, 1.54) is 0 Å². The van der Waals surface area contributed by atoms with Crippen molar-refractivity contribution in [3.05, 3.63) is 24.0 Å². The Morgan fingerprint density at radius 2 is 1.80 bits per heavy atom. The van der Waals surface area contributed by atoms with Crippen LogP contribution in [0.1, 0.15) is 5.69 Å². The molecular weight excluding hydrogens is 218 g/mol. The zero-order valence-electron chi connectivity index (χ0n) is 7.10. The largest absolute Gasteiger partial charge is 0.555 e. The molecule has 0 aliphatic heterocycles. The molecule has 0 aromatic carbocycles. The van der Waals surface area contributed by atoms with Crippen molar-refractivity contribution in [2.75, 3.05) is 0 Å². The molecule has 15 heavy (non-hydrogen) atoms. The fraction of sp³-hybridized carbons (Fsp3) is 0.167. The first-order chi connectivity index (χ1) is 6.99. The molecule has 1 heterocycles. The Morgan fingerprint density at radius 1 is 1.20 bits per heavy atom. The summed E-state index contributed by atoms with van der Waals surface area (Å²) in [4.78, 5) is 10.3. The molecule has 2 N–H and O–H groups in total. The minimum atomic E-state index is -4.55. The van der Waals surface area contributed by atoms with Crippen molar-refractivity contribution in [1.82, 2.24) is 4.98 Å². The van der Waals surface area contributed by atoms with Gasteiger partial charge in [0.2, 0.25) is 0 Å². The van der Waals surface area contributed by atoms with E-state index in [2.05, 4.69) is 14.6 Å². The number of pyridine rings is 1. The second kappa shape index (κ2) is 4.58. The molecule has 0 atom stereocenters. The van der Waals surface area contributed by atoms with E-state index in [1.807, 2.05) is 0 Å². The molecule has 9 heteroatoms. The fourth-order valence-electron chi connectivity index (χ4n) is 0.853. The standard InChI is InChI=1S/C6H5BF3NO4/c8-6(9,10)5-2-1-4(3-11-5)7(14-12)15-13/h1-3,12-13H. The molecule has 0 aliphatic rings. The maximum atomic E-state index is 12.1. The van der Waals surface area contributed by atoms with E-state index in [4.69, 9.17) is 10.5 Å². The van der Waals surface area contributed by atoms with E-state index in [0.717, 1.165) is 12.3 Å². The van der Waals surface area contributed by atoms with Crippen LogP contribution in [0.4, 0.5) is 13.2 Å². The van der Waals surface area contributed by atoms with Crippen LogP contribution in [0, 0.1) is 0 Å². The first kappa shape index (κ1) is 11.9. The summed E-state index contributed by atoms with van der Waals surface area (Å²) in [6, 6.07) is 1.62. The van der Waals surface area contributed by atoms with Gasteiger partial charge in [0.05, 0.1) is 0 Å². The number of hydrogen-bond acceptors (Lipinski definition) is 5. The van der Waals surface area contributed by atoms with Gasteiger partial charge in [-0.25, -0.2) is 0 Å². The van der Waals surface area contributed by atoms with Gasteiger partial charge in [0.25, 0.3) is 0 Å². The summed E-state index contributed by atoms with van der Waals surface area (Å²) in [6.07, 6.45) is -3.78. The monoisotopic (exact) mass is 223 g/mol. The Bertz CT molecular complexity index is 313. The van der Waals surface area contributed by atoms with E-state index in [9.17, 15) is 13.2 Å². The second-order valence-electron chi connectivity index (χ2n) is 2.52. The molecule has 1 rings (SSSR count). The van der Waals surface area contributed by atoms with Crippen LogP contribution >= 0.6 is 0 Å². The van der Waals surface area contributed by atoms with Crippen molar-refractivity contribution in [2.24, 2.45) is 0 Å². The lowest BCUT2D eigenvalue weighted by molar-refractivity contribution is -0.221. The normalized spacial score (nSPS) is 11.5. The van der Waals surface area contributed by atoms with Gasteiger partial charge in [-0.1, -0.05) is 6.07 Å². The summed E-state index contributed by atoms with van der Waals surface area (Å²) < 4.78 is 36.2. The number of rotatable bonds is 3. The Morgan fingerprint density at radius 3 is 2.13 bits per heavy atom. The molecule has 0 fully saturated rings. The van der Waals surface area contributed by atoms with Crippen LogP contribution in [-0.2, 0) is 15.8 Å². The van der Waals surface area contributed by atoms with Crippen LogP contribution in [0.3, 0.4) is 0 Å². The van der Waals surface area contributed by atoms with Crippen molar-refractivity contribution >= 4 is 12.6 Å². The predicted molar refractivity (Wildman–Crippen MR) is 42.1 cm³/mol. The van der Waals surface area contributed by atoms with Crippen molar-refractivity contribution < 1.29 is 33.3 Å². The van der Waals surface area contributed by atoms with Crippen molar-refractivity contribution in [3.8, 4) is 0 Å². The van der Waals surface area contributed by atoms with E-state index in [-0.39, 0.29) is 5.46 Å². The minimum absolute atomic E-state index is 0.0620. The number of alkyl halides is 3. The molecule has 0 amide bonds. The van der Waals surface area contributed by atoms with Gasteiger partial charge in [0, 0.05) is 11.7 Å². The number of nitrogens with zero attached hydrogens (tertiary/aromatic N) is 1. The van der Waals surface area contributed by atoms with Gasteiger partial charge >= 0.3 is 13.3 Å². The molecule has 0 saturated heterocycles. The molecule has 0 aliphatic carbocycles. The third-order valence-corrected chi connectivity index (χ3v) is 1.54. The first-order valence-electron chi connectivity index (χ1n) is 3.62. The number of hydrogen-bond donors (Lipinski definition) is 2. The molecule has 0 spiro atoms. The second-order valence-corrected chi connectivity index (χ2v) is 2.52. The topological polar surface area (TPSA) is 71.8 Å². The van der Waals surface area contributed by atoms with Crippen LogP contribution in [0.25, 0.3) is 0 Å². The lowest BCUT2D eigenvalue weighted by Gasteiger charge is -2.07. The smallest absolute Gasteiger partial charge is 0.264 e. The maximum absolute atomic E-state index is 12.1. The summed E-state index contributed by atoms with van der Waals surface area (Å²) in [7, 11) is -1.58. The zero-order valence-corrected chi connectivity index (χ0v) is 7.10. The highest BCUT2D eigenvalue weighted by Crippen LogP contribution is 2.26. The molecule has 0 bridgehead atoms. The summed E-state index contributed by atoms with van der Waals surface area (Å²) in [5.74, 6) is 0. The molecule has 0 radical (unpaired) electrons. The number of halogens is 3. The van der Waals surface area contributed by atoms with Crippen LogP contribution < -0.4 is 5.46 Å². The first-order valence-corrected chi connectivity index (χ1v) is 3.62. The van der Waals surface area contributed by atoms with Gasteiger partial charge < -0.3 is 0 Å². The summed E-state index contributed by atoms with van der Waals surface area (Å²) >= 11 is 0. The van der Waals surface area contributed by atoms with Gasteiger partial charge in [-0.05, 0) is 6.07 Å². The molecule has 82 valence electrons. The zero-order chi connectivity index (χ0) is 11.5.